The van der Waals surface area contributed by atoms with E-state index in [0.717, 1.165) is 11.8 Å². The lowest BCUT2D eigenvalue weighted by Crippen LogP contribution is -2.28. The van der Waals surface area contributed by atoms with Crippen molar-refractivity contribution in [2.75, 3.05) is 0 Å². The van der Waals surface area contributed by atoms with Crippen LogP contribution >= 0.6 is 0 Å². The van der Waals surface area contributed by atoms with Gasteiger partial charge in [-0.05, 0) is 30.1 Å². The van der Waals surface area contributed by atoms with Gasteiger partial charge in [-0.25, -0.2) is 0 Å². The molecule has 0 spiro atoms. The van der Waals surface area contributed by atoms with Gasteiger partial charge in [0.25, 0.3) is 0 Å². The fraction of sp³-hybridized carbons (Fsp3) is 1.00. The molecule has 0 amide bonds. The Kier molecular flexibility index (Phi) is 2.07. The number of hydrogen-bond acceptors (Lipinski definition) is 0. The van der Waals surface area contributed by atoms with E-state index in [-0.39, 0.29) is 0 Å². The summed E-state index contributed by atoms with van der Waals surface area (Å²) in [4.78, 5) is 0. The molecule has 2 unspecified atom stereocenters. The van der Waals surface area contributed by atoms with Crippen molar-refractivity contribution in [3.63, 3.8) is 0 Å². The molecule has 0 aromatic rings. The summed E-state index contributed by atoms with van der Waals surface area (Å²) < 4.78 is 0. The Hall–Kier alpha value is 0. The SMILES string of the molecule is CC1CCC(C)(C)C(C)C1. The van der Waals surface area contributed by atoms with Crippen LogP contribution in [0.25, 0.3) is 0 Å². The summed E-state index contributed by atoms with van der Waals surface area (Å²) in [6.07, 6.45) is 4.31. The molecule has 0 saturated heterocycles. The third-order valence-electron chi connectivity index (χ3n) is 3.37. The first kappa shape index (κ1) is 8.10. The topological polar surface area (TPSA) is 0 Å². The first-order valence-electron chi connectivity index (χ1n) is 4.52. The van der Waals surface area contributed by atoms with Gasteiger partial charge in [0, 0.05) is 0 Å². The Balaban J connectivity index is 2.52. The molecule has 0 nitrogen and oxygen atoms in total. The van der Waals surface area contributed by atoms with Crippen LogP contribution in [0.3, 0.4) is 0 Å². The highest BCUT2D eigenvalue weighted by Crippen LogP contribution is 2.42. The molecule has 1 aliphatic carbocycles. The van der Waals surface area contributed by atoms with Crippen LogP contribution in [0.5, 0.6) is 0 Å². The van der Waals surface area contributed by atoms with E-state index in [0.29, 0.717) is 5.41 Å². The zero-order valence-electron chi connectivity index (χ0n) is 7.78. The molecule has 0 N–H and O–H groups in total. The van der Waals surface area contributed by atoms with Gasteiger partial charge in [-0.3, -0.25) is 0 Å². The van der Waals surface area contributed by atoms with E-state index in [2.05, 4.69) is 27.7 Å². The fourth-order valence-electron chi connectivity index (χ4n) is 1.91. The summed E-state index contributed by atoms with van der Waals surface area (Å²) in [6, 6.07) is 0. The number of hydrogen-bond donors (Lipinski definition) is 0. The van der Waals surface area contributed by atoms with Gasteiger partial charge in [-0.15, -0.1) is 0 Å². The van der Waals surface area contributed by atoms with Crippen LogP contribution in [0.2, 0.25) is 0 Å². The minimum Gasteiger partial charge on any atom is -0.0625 e. The first-order valence-corrected chi connectivity index (χ1v) is 4.52. The van der Waals surface area contributed by atoms with E-state index in [1.54, 1.807) is 0 Å². The van der Waals surface area contributed by atoms with Crippen LogP contribution in [0.4, 0.5) is 0 Å². The molecule has 0 radical (unpaired) electrons. The molecule has 0 aromatic carbocycles. The summed E-state index contributed by atoms with van der Waals surface area (Å²) in [5.74, 6) is 1.90. The largest absolute Gasteiger partial charge is 0.0625 e. The van der Waals surface area contributed by atoms with Crippen molar-refractivity contribution < 1.29 is 0 Å². The van der Waals surface area contributed by atoms with E-state index in [9.17, 15) is 0 Å². The van der Waals surface area contributed by atoms with Crippen molar-refractivity contribution in [1.29, 1.82) is 0 Å². The van der Waals surface area contributed by atoms with E-state index in [1.165, 1.54) is 19.3 Å². The van der Waals surface area contributed by atoms with Crippen LogP contribution in [-0.4, -0.2) is 0 Å². The Labute approximate surface area is 65.0 Å². The Morgan fingerprint density at radius 3 is 2.20 bits per heavy atom. The van der Waals surface area contributed by atoms with Crippen molar-refractivity contribution in [3.8, 4) is 0 Å². The highest BCUT2D eigenvalue weighted by atomic mass is 14.4. The van der Waals surface area contributed by atoms with Crippen LogP contribution < -0.4 is 0 Å². The molecule has 0 aliphatic heterocycles. The predicted octanol–water partition coefficient (Wildman–Crippen LogP) is 3.47. The summed E-state index contributed by atoms with van der Waals surface area (Å²) >= 11 is 0. The summed E-state index contributed by atoms with van der Waals surface area (Å²) in [6.45, 7) is 9.59. The van der Waals surface area contributed by atoms with Crippen molar-refractivity contribution in [2.45, 2.75) is 47.0 Å². The average molecular weight is 140 g/mol. The lowest BCUT2D eigenvalue weighted by Gasteiger charge is -2.39. The minimum atomic E-state index is 0.618. The van der Waals surface area contributed by atoms with Gasteiger partial charge in [-0.1, -0.05) is 34.1 Å². The smallest absolute Gasteiger partial charge is 0.0328 e. The van der Waals surface area contributed by atoms with Gasteiger partial charge >= 0.3 is 0 Å². The standard InChI is InChI=1S/C10H20/c1-8-5-6-10(3,4)9(2)7-8/h8-9H,5-7H2,1-4H3. The van der Waals surface area contributed by atoms with Crippen LogP contribution in [0.1, 0.15) is 47.0 Å². The molecular weight excluding hydrogens is 120 g/mol. The molecule has 1 aliphatic rings. The van der Waals surface area contributed by atoms with E-state index < -0.39 is 0 Å². The minimum absolute atomic E-state index is 0.618. The summed E-state index contributed by atoms with van der Waals surface area (Å²) in [7, 11) is 0. The third kappa shape index (κ3) is 1.53. The quantitative estimate of drug-likeness (QED) is 0.483. The molecule has 0 heterocycles. The fourth-order valence-corrected chi connectivity index (χ4v) is 1.91. The lowest BCUT2D eigenvalue weighted by atomic mass is 9.67. The third-order valence-corrected chi connectivity index (χ3v) is 3.37. The van der Waals surface area contributed by atoms with Gasteiger partial charge in [0.1, 0.15) is 0 Å². The molecule has 0 bridgehead atoms. The monoisotopic (exact) mass is 140 g/mol. The van der Waals surface area contributed by atoms with Gasteiger partial charge in [0.05, 0.1) is 0 Å². The van der Waals surface area contributed by atoms with Crippen LogP contribution in [-0.2, 0) is 0 Å². The van der Waals surface area contributed by atoms with Crippen molar-refractivity contribution >= 4 is 0 Å². The molecule has 0 aromatic heterocycles. The van der Waals surface area contributed by atoms with Crippen molar-refractivity contribution in [2.24, 2.45) is 17.3 Å². The van der Waals surface area contributed by atoms with Gasteiger partial charge < -0.3 is 0 Å². The van der Waals surface area contributed by atoms with Gasteiger partial charge in [0.2, 0.25) is 0 Å². The molecule has 2 atom stereocenters. The lowest BCUT2D eigenvalue weighted by molar-refractivity contribution is 0.119. The Bertz CT molecular complexity index is 113. The Morgan fingerprint density at radius 1 is 1.20 bits per heavy atom. The zero-order valence-corrected chi connectivity index (χ0v) is 7.78. The first-order chi connectivity index (χ1) is 4.52. The molecule has 10 heavy (non-hydrogen) atoms. The normalized spacial score (nSPS) is 39.6. The second-order valence-corrected chi connectivity index (χ2v) is 4.77. The average Bonchev–Trinajstić information content (AvgIpc) is 1.81. The van der Waals surface area contributed by atoms with Crippen LogP contribution in [0, 0.1) is 17.3 Å². The maximum Gasteiger partial charge on any atom is -0.0328 e. The second-order valence-electron chi connectivity index (χ2n) is 4.77. The van der Waals surface area contributed by atoms with Crippen molar-refractivity contribution in [1.82, 2.24) is 0 Å². The van der Waals surface area contributed by atoms with E-state index in [4.69, 9.17) is 0 Å². The highest BCUT2D eigenvalue weighted by molar-refractivity contribution is 4.82. The maximum atomic E-state index is 2.41. The summed E-state index contributed by atoms with van der Waals surface area (Å²) in [5.41, 5.74) is 0.618. The highest BCUT2D eigenvalue weighted by Gasteiger charge is 2.31. The van der Waals surface area contributed by atoms with E-state index >= 15 is 0 Å². The zero-order chi connectivity index (χ0) is 7.78. The molecule has 1 rings (SSSR count). The van der Waals surface area contributed by atoms with Gasteiger partial charge in [0.15, 0.2) is 0 Å². The predicted molar refractivity (Wildman–Crippen MR) is 46.0 cm³/mol. The molecule has 1 saturated carbocycles. The maximum absolute atomic E-state index is 2.41. The van der Waals surface area contributed by atoms with Crippen molar-refractivity contribution in [3.05, 3.63) is 0 Å². The Morgan fingerprint density at radius 2 is 1.80 bits per heavy atom. The summed E-state index contributed by atoms with van der Waals surface area (Å²) in [5, 5.41) is 0. The van der Waals surface area contributed by atoms with Gasteiger partial charge in [-0.2, -0.15) is 0 Å². The number of rotatable bonds is 0. The molecular formula is C10H20. The van der Waals surface area contributed by atoms with E-state index in [1.807, 2.05) is 0 Å². The second kappa shape index (κ2) is 2.56. The molecule has 60 valence electrons. The molecule has 1 fully saturated rings. The van der Waals surface area contributed by atoms with Crippen LogP contribution in [0.15, 0.2) is 0 Å². The molecule has 0 heteroatoms.